The standard InChI is InChI=1S/C7H11NO3/c1-3-4-6(7(10)11)8-5(2)9/h3,6H,1,4H2,2H3,(H,8,9)(H,10,11)/i2D3. The maximum absolute atomic E-state index is 10.9. The smallest absolute Gasteiger partial charge is 0.326 e. The summed E-state index contributed by atoms with van der Waals surface area (Å²) in [6.07, 6.45) is 1.27. The highest BCUT2D eigenvalue weighted by Gasteiger charge is 2.15. The first-order valence-electron chi connectivity index (χ1n) is 4.43. The third-order valence-electron chi connectivity index (χ3n) is 1.01. The van der Waals surface area contributed by atoms with Crippen molar-refractivity contribution in [2.75, 3.05) is 0 Å². The minimum Gasteiger partial charge on any atom is -0.480 e. The number of hydrogen-bond donors (Lipinski definition) is 2. The van der Waals surface area contributed by atoms with Crippen molar-refractivity contribution in [1.29, 1.82) is 0 Å². The molecule has 1 amide bonds. The summed E-state index contributed by atoms with van der Waals surface area (Å²) in [5.41, 5.74) is 0. The van der Waals surface area contributed by atoms with Crippen LogP contribution in [0.4, 0.5) is 0 Å². The van der Waals surface area contributed by atoms with Gasteiger partial charge >= 0.3 is 5.97 Å². The quantitative estimate of drug-likeness (QED) is 0.575. The Morgan fingerprint density at radius 1 is 1.91 bits per heavy atom. The van der Waals surface area contributed by atoms with E-state index in [2.05, 4.69) is 6.58 Å². The first-order chi connectivity index (χ1) is 6.29. The highest BCUT2D eigenvalue weighted by molar-refractivity contribution is 5.82. The minimum absolute atomic E-state index is 0.0167. The van der Waals surface area contributed by atoms with Gasteiger partial charge in [-0.05, 0) is 6.42 Å². The molecule has 0 aliphatic carbocycles. The van der Waals surface area contributed by atoms with E-state index in [0.717, 1.165) is 0 Å². The maximum Gasteiger partial charge on any atom is 0.326 e. The van der Waals surface area contributed by atoms with Crippen LogP contribution in [0.5, 0.6) is 0 Å². The summed E-state index contributed by atoms with van der Waals surface area (Å²) in [7, 11) is 0. The summed E-state index contributed by atoms with van der Waals surface area (Å²) in [5, 5.41) is 10.5. The van der Waals surface area contributed by atoms with E-state index in [1.165, 1.54) is 6.08 Å². The third-order valence-corrected chi connectivity index (χ3v) is 1.01. The summed E-state index contributed by atoms with van der Waals surface area (Å²) in [6, 6.07) is -1.24. The van der Waals surface area contributed by atoms with Gasteiger partial charge in [-0.2, -0.15) is 0 Å². The summed E-state index contributed by atoms with van der Waals surface area (Å²) in [5.74, 6) is -2.56. The second-order valence-corrected chi connectivity index (χ2v) is 1.89. The topological polar surface area (TPSA) is 66.4 Å². The van der Waals surface area contributed by atoms with Crippen molar-refractivity contribution in [2.45, 2.75) is 19.3 Å². The van der Waals surface area contributed by atoms with Crippen LogP contribution in [0.1, 0.15) is 17.4 Å². The Balaban J connectivity index is 4.38. The number of carboxylic acid groups (broad SMARTS) is 1. The molecule has 2 N–H and O–H groups in total. The number of amides is 1. The van der Waals surface area contributed by atoms with Crippen LogP contribution in [0.3, 0.4) is 0 Å². The number of hydrogen-bond acceptors (Lipinski definition) is 2. The summed E-state index contributed by atoms with van der Waals surface area (Å²) >= 11 is 0. The fraction of sp³-hybridized carbons (Fsp3) is 0.429. The molecule has 4 heteroatoms. The van der Waals surface area contributed by atoms with Crippen LogP contribution in [-0.2, 0) is 9.59 Å². The average molecular weight is 160 g/mol. The summed E-state index contributed by atoms with van der Waals surface area (Å²) in [4.78, 5) is 21.4. The van der Waals surface area contributed by atoms with Crippen molar-refractivity contribution in [1.82, 2.24) is 5.32 Å². The number of aliphatic carboxylic acids is 1. The zero-order valence-electron chi connectivity index (χ0n) is 8.83. The van der Waals surface area contributed by atoms with Gasteiger partial charge in [0.1, 0.15) is 6.04 Å². The third kappa shape index (κ3) is 4.13. The highest BCUT2D eigenvalue weighted by atomic mass is 16.4. The van der Waals surface area contributed by atoms with Crippen molar-refractivity contribution in [3.8, 4) is 0 Å². The largest absolute Gasteiger partial charge is 0.480 e. The van der Waals surface area contributed by atoms with Crippen LogP contribution < -0.4 is 5.32 Å². The normalized spacial score (nSPS) is 16.9. The second kappa shape index (κ2) is 4.49. The van der Waals surface area contributed by atoms with Gasteiger partial charge in [0.2, 0.25) is 5.91 Å². The van der Waals surface area contributed by atoms with Crippen LogP contribution in [0.2, 0.25) is 0 Å². The van der Waals surface area contributed by atoms with Crippen molar-refractivity contribution < 1.29 is 18.8 Å². The van der Waals surface area contributed by atoms with Crippen molar-refractivity contribution in [3.63, 3.8) is 0 Å². The Kier molecular flexibility index (Phi) is 2.18. The van der Waals surface area contributed by atoms with Crippen molar-refractivity contribution in [3.05, 3.63) is 12.7 Å². The molecule has 0 aliphatic heterocycles. The number of nitrogens with one attached hydrogen (secondary N) is 1. The van der Waals surface area contributed by atoms with Gasteiger partial charge in [0, 0.05) is 11.0 Å². The first kappa shape index (κ1) is 5.35. The molecule has 0 saturated carbocycles. The van der Waals surface area contributed by atoms with Gasteiger partial charge in [-0.1, -0.05) is 6.08 Å². The number of carbonyl (C=O) groups is 2. The monoisotopic (exact) mass is 160 g/mol. The summed E-state index contributed by atoms with van der Waals surface area (Å²) in [6.45, 7) is 0.473. The van der Waals surface area contributed by atoms with Gasteiger partial charge in [-0.25, -0.2) is 4.79 Å². The Labute approximate surface area is 69.1 Å². The molecule has 0 fully saturated rings. The van der Waals surface area contributed by atoms with Gasteiger partial charge in [-0.15, -0.1) is 6.58 Å². The van der Waals surface area contributed by atoms with E-state index < -0.39 is 24.8 Å². The number of carbonyl (C=O) groups excluding carboxylic acids is 1. The molecule has 0 spiro atoms. The molecular weight excluding hydrogens is 146 g/mol. The SMILES string of the molecule is [2H]C([2H])([2H])C(=O)NC(CC=C)C(=O)O. The van der Waals surface area contributed by atoms with E-state index in [4.69, 9.17) is 9.22 Å². The van der Waals surface area contributed by atoms with E-state index in [0.29, 0.717) is 0 Å². The molecule has 0 saturated heterocycles. The second-order valence-electron chi connectivity index (χ2n) is 1.89. The Morgan fingerprint density at radius 3 is 2.91 bits per heavy atom. The molecule has 0 rings (SSSR count). The van der Waals surface area contributed by atoms with E-state index in [-0.39, 0.29) is 6.42 Å². The van der Waals surface area contributed by atoms with E-state index in [1.807, 2.05) is 5.32 Å². The zero-order valence-corrected chi connectivity index (χ0v) is 5.83. The lowest BCUT2D eigenvalue weighted by Gasteiger charge is -2.09. The Morgan fingerprint density at radius 2 is 2.55 bits per heavy atom. The van der Waals surface area contributed by atoms with Crippen LogP contribution in [0.15, 0.2) is 12.7 Å². The van der Waals surface area contributed by atoms with Crippen LogP contribution in [0, 0.1) is 0 Å². The fourth-order valence-corrected chi connectivity index (χ4v) is 0.546. The van der Waals surface area contributed by atoms with Crippen LogP contribution >= 0.6 is 0 Å². The molecule has 0 aromatic rings. The lowest BCUT2D eigenvalue weighted by Crippen LogP contribution is -2.39. The molecule has 0 aromatic carbocycles. The summed E-state index contributed by atoms with van der Waals surface area (Å²) < 4.78 is 20.1. The lowest BCUT2D eigenvalue weighted by molar-refractivity contribution is -0.141. The van der Waals surface area contributed by atoms with Gasteiger partial charge in [-0.3, -0.25) is 4.79 Å². The van der Waals surface area contributed by atoms with Gasteiger partial charge in [0.25, 0.3) is 0 Å². The van der Waals surface area contributed by atoms with Gasteiger partial charge < -0.3 is 10.4 Å². The molecule has 62 valence electrons. The molecule has 4 nitrogen and oxygen atoms in total. The molecule has 0 aromatic heterocycles. The van der Waals surface area contributed by atoms with E-state index in [1.54, 1.807) is 0 Å². The van der Waals surface area contributed by atoms with Crippen LogP contribution in [-0.4, -0.2) is 23.0 Å². The first-order valence-corrected chi connectivity index (χ1v) is 2.93. The highest BCUT2D eigenvalue weighted by Crippen LogP contribution is 1.92. The molecule has 0 aliphatic rings. The van der Waals surface area contributed by atoms with Crippen molar-refractivity contribution in [2.24, 2.45) is 0 Å². The Hall–Kier alpha value is -1.32. The molecule has 0 radical (unpaired) electrons. The fourth-order valence-electron chi connectivity index (χ4n) is 0.546. The number of carboxylic acids is 1. The van der Waals surface area contributed by atoms with Gasteiger partial charge in [0.05, 0.1) is 0 Å². The molecule has 0 bridgehead atoms. The predicted octanol–water partition coefficient (Wildman–Crippen LogP) is 0.152. The molecular formula is C7H11NO3. The molecule has 0 heterocycles. The number of rotatable bonds is 4. The van der Waals surface area contributed by atoms with E-state index >= 15 is 0 Å². The lowest BCUT2D eigenvalue weighted by atomic mass is 10.2. The molecule has 11 heavy (non-hydrogen) atoms. The van der Waals surface area contributed by atoms with Crippen molar-refractivity contribution >= 4 is 11.9 Å². The van der Waals surface area contributed by atoms with E-state index in [9.17, 15) is 9.59 Å². The van der Waals surface area contributed by atoms with Gasteiger partial charge in [0.15, 0.2) is 0 Å². The Bertz CT molecular complexity index is 249. The zero-order chi connectivity index (χ0) is 11.4. The minimum atomic E-state index is -2.82. The average Bonchev–Trinajstić information content (AvgIpc) is 2.01. The molecule has 1 atom stereocenters. The predicted molar refractivity (Wildman–Crippen MR) is 40.1 cm³/mol. The van der Waals surface area contributed by atoms with Crippen LogP contribution in [0.25, 0.3) is 0 Å². The maximum atomic E-state index is 10.9. The molecule has 1 unspecified atom stereocenters.